The molecule has 2 N–H and O–H groups in total. The van der Waals surface area contributed by atoms with Crippen LogP contribution in [0, 0.1) is 0 Å². The van der Waals surface area contributed by atoms with E-state index in [-0.39, 0.29) is 11.8 Å². The number of benzene rings is 2. The predicted molar refractivity (Wildman–Crippen MR) is 90.6 cm³/mol. The Hall–Kier alpha value is -2.20. The lowest BCUT2D eigenvalue weighted by molar-refractivity contribution is -0.119. The van der Waals surface area contributed by atoms with E-state index in [1.54, 1.807) is 11.9 Å². The second kappa shape index (κ2) is 6.50. The van der Waals surface area contributed by atoms with Crippen molar-refractivity contribution in [3.63, 3.8) is 0 Å². The summed E-state index contributed by atoms with van der Waals surface area (Å²) < 4.78 is 0. The predicted octanol–water partition coefficient (Wildman–Crippen LogP) is 3.09. The summed E-state index contributed by atoms with van der Waals surface area (Å²) in [7, 11) is 1.78. The zero-order valence-corrected chi connectivity index (χ0v) is 12.9. The van der Waals surface area contributed by atoms with E-state index in [1.165, 1.54) is 0 Å². The van der Waals surface area contributed by atoms with E-state index >= 15 is 0 Å². The van der Waals surface area contributed by atoms with Crippen LogP contribution < -0.4 is 10.6 Å². The maximum atomic E-state index is 12.5. The molecule has 0 spiro atoms. The summed E-state index contributed by atoms with van der Waals surface area (Å²) in [6, 6.07) is 17.1. The number of amides is 1. The second-order valence-electron chi connectivity index (χ2n) is 4.94. The van der Waals surface area contributed by atoms with E-state index in [0.717, 1.165) is 16.8 Å². The molecule has 108 valence electrons. The molecule has 2 aromatic rings. The van der Waals surface area contributed by atoms with Crippen LogP contribution in [-0.2, 0) is 4.79 Å². The summed E-state index contributed by atoms with van der Waals surface area (Å²) in [6.07, 6.45) is 0. The molecule has 0 aliphatic carbocycles. The summed E-state index contributed by atoms with van der Waals surface area (Å²) in [6.45, 7) is 1.91. The maximum Gasteiger partial charge on any atom is 0.233 e. The summed E-state index contributed by atoms with van der Waals surface area (Å²) in [5.41, 5.74) is 8.20. The molecule has 2 aromatic carbocycles. The number of rotatable bonds is 4. The topological polar surface area (TPSA) is 46.3 Å². The average molecular weight is 298 g/mol. The molecule has 4 heteroatoms. The Morgan fingerprint density at radius 1 is 1.10 bits per heavy atom. The Bertz CT molecular complexity index is 638. The second-order valence-corrected chi connectivity index (χ2v) is 5.38. The molecule has 0 fully saturated rings. The molecular formula is C17H18N2OS. The molecule has 1 amide bonds. The number of nitrogens with zero attached hydrogens (tertiary/aromatic N) is 1. The lowest BCUT2D eigenvalue weighted by Crippen LogP contribution is -2.30. The summed E-state index contributed by atoms with van der Waals surface area (Å²) in [5.74, 6) is -0.143. The quantitative estimate of drug-likeness (QED) is 0.882. The first-order valence-corrected chi connectivity index (χ1v) is 7.14. The molecule has 21 heavy (non-hydrogen) atoms. The minimum Gasteiger partial charge on any atom is -0.389 e. The minimum atomic E-state index is -0.188. The van der Waals surface area contributed by atoms with Gasteiger partial charge >= 0.3 is 0 Å². The average Bonchev–Trinajstić information content (AvgIpc) is 2.53. The van der Waals surface area contributed by atoms with Crippen molar-refractivity contribution in [2.75, 3.05) is 11.9 Å². The Morgan fingerprint density at radius 3 is 2.19 bits per heavy atom. The number of hydrogen-bond acceptors (Lipinski definition) is 2. The van der Waals surface area contributed by atoms with Gasteiger partial charge in [0.25, 0.3) is 0 Å². The summed E-state index contributed by atoms with van der Waals surface area (Å²) in [5, 5.41) is 0. The smallest absolute Gasteiger partial charge is 0.233 e. The zero-order valence-electron chi connectivity index (χ0n) is 12.1. The van der Waals surface area contributed by atoms with E-state index in [1.807, 2.05) is 61.5 Å². The fraction of sp³-hybridized carbons (Fsp3) is 0.176. The molecule has 0 aromatic heterocycles. The molecule has 0 saturated carbocycles. The molecule has 2 rings (SSSR count). The van der Waals surface area contributed by atoms with Crippen molar-refractivity contribution in [2.45, 2.75) is 12.8 Å². The Kier molecular flexibility index (Phi) is 4.70. The standard InChI is InChI=1S/C17H18N2OS/c1-12(13-6-4-3-5-7-13)17(20)19(2)15-10-8-14(9-11-15)16(18)21/h3-12H,1-2H3,(H2,18,21). The number of thiocarbonyl (C=S) groups is 1. The lowest BCUT2D eigenvalue weighted by Gasteiger charge is -2.22. The first-order valence-electron chi connectivity index (χ1n) is 6.73. The number of hydrogen-bond donors (Lipinski definition) is 1. The van der Waals surface area contributed by atoms with Crippen molar-refractivity contribution in [1.82, 2.24) is 0 Å². The van der Waals surface area contributed by atoms with Gasteiger partial charge < -0.3 is 10.6 Å². The van der Waals surface area contributed by atoms with Crippen LogP contribution in [-0.4, -0.2) is 17.9 Å². The van der Waals surface area contributed by atoms with Gasteiger partial charge in [0, 0.05) is 18.3 Å². The summed E-state index contributed by atoms with van der Waals surface area (Å²) in [4.78, 5) is 14.5. The van der Waals surface area contributed by atoms with Crippen LogP contribution in [0.1, 0.15) is 24.0 Å². The van der Waals surface area contributed by atoms with Gasteiger partial charge in [-0.1, -0.05) is 42.5 Å². The highest BCUT2D eigenvalue weighted by Crippen LogP contribution is 2.21. The van der Waals surface area contributed by atoms with Crippen LogP contribution in [0.5, 0.6) is 0 Å². The largest absolute Gasteiger partial charge is 0.389 e. The highest BCUT2D eigenvalue weighted by Gasteiger charge is 2.20. The van der Waals surface area contributed by atoms with E-state index < -0.39 is 0 Å². The number of carbonyl (C=O) groups excluding carboxylic acids is 1. The SMILES string of the molecule is CC(C(=O)N(C)c1ccc(C(N)=S)cc1)c1ccccc1. The summed E-state index contributed by atoms with van der Waals surface area (Å²) >= 11 is 4.93. The molecule has 0 heterocycles. The third kappa shape index (κ3) is 3.47. The Morgan fingerprint density at radius 2 is 1.67 bits per heavy atom. The van der Waals surface area contributed by atoms with Gasteiger partial charge in [0.1, 0.15) is 4.99 Å². The van der Waals surface area contributed by atoms with E-state index in [4.69, 9.17) is 18.0 Å². The van der Waals surface area contributed by atoms with E-state index in [9.17, 15) is 4.79 Å². The van der Waals surface area contributed by atoms with Crippen molar-refractivity contribution in [1.29, 1.82) is 0 Å². The molecule has 0 saturated heterocycles. The number of likely N-dealkylation sites (N-methyl/N-ethyl adjacent to an activating group) is 1. The van der Waals surface area contributed by atoms with Gasteiger partial charge in [0.15, 0.2) is 0 Å². The molecule has 0 aliphatic rings. The molecule has 1 unspecified atom stereocenters. The van der Waals surface area contributed by atoms with Gasteiger partial charge in [-0.15, -0.1) is 0 Å². The van der Waals surface area contributed by atoms with Crippen molar-refractivity contribution in [3.05, 3.63) is 65.7 Å². The first kappa shape index (κ1) is 15.2. The first-order chi connectivity index (χ1) is 10.0. The van der Waals surface area contributed by atoms with Crippen LogP contribution >= 0.6 is 12.2 Å². The van der Waals surface area contributed by atoms with E-state index in [2.05, 4.69) is 0 Å². The third-order valence-electron chi connectivity index (χ3n) is 3.54. The molecule has 3 nitrogen and oxygen atoms in total. The zero-order chi connectivity index (χ0) is 15.4. The van der Waals surface area contributed by atoms with Gasteiger partial charge in [-0.05, 0) is 36.8 Å². The van der Waals surface area contributed by atoms with Crippen molar-refractivity contribution >= 4 is 28.8 Å². The Balaban J connectivity index is 2.17. The van der Waals surface area contributed by atoms with Gasteiger partial charge in [-0.3, -0.25) is 4.79 Å². The van der Waals surface area contributed by atoms with E-state index in [0.29, 0.717) is 4.99 Å². The fourth-order valence-corrected chi connectivity index (χ4v) is 2.29. The fourth-order valence-electron chi connectivity index (χ4n) is 2.15. The van der Waals surface area contributed by atoms with Gasteiger partial charge in [-0.25, -0.2) is 0 Å². The highest BCUT2D eigenvalue weighted by molar-refractivity contribution is 7.80. The monoisotopic (exact) mass is 298 g/mol. The maximum absolute atomic E-state index is 12.5. The van der Waals surface area contributed by atoms with Crippen molar-refractivity contribution in [3.8, 4) is 0 Å². The van der Waals surface area contributed by atoms with Crippen LogP contribution in [0.2, 0.25) is 0 Å². The number of anilines is 1. The number of nitrogens with two attached hydrogens (primary N) is 1. The van der Waals surface area contributed by atoms with Crippen molar-refractivity contribution in [2.24, 2.45) is 5.73 Å². The van der Waals surface area contributed by atoms with Crippen LogP contribution in [0.15, 0.2) is 54.6 Å². The van der Waals surface area contributed by atoms with Crippen LogP contribution in [0.3, 0.4) is 0 Å². The lowest BCUT2D eigenvalue weighted by atomic mass is 10.00. The molecule has 0 bridgehead atoms. The molecule has 1 atom stereocenters. The van der Waals surface area contributed by atoms with Gasteiger partial charge in [0.05, 0.1) is 5.92 Å². The van der Waals surface area contributed by atoms with Gasteiger partial charge in [0.2, 0.25) is 5.91 Å². The van der Waals surface area contributed by atoms with Gasteiger partial charge in [-0.2, -0.15) is 0 Å². The van der Waals surface area contributed by atoms with Crippen molar-refractivity contribution < 1.29 is 4.79 Å². The third-order valence-corrected chi connectivity index (χ3v) is 3.78. The van der Waals surface area contributed by atoms with Crippen LogP contribution in [0.4, 0.5) is 5.69 Å². The normalized spacial score (nSPS) is 11.7. The Labute approximate surface area is 130 Å². The minimum absolute atomic E-state index is 0.0456. The molecule has 0 radical (unpaired) electrons. The number of carbonyl (C=O) groups is 1. The molecule has 0 aliphatic heterocycles. The van der Waals surface area contributed by atoms with Crippen LogP contribution in [0.25, 0.3) is 0 Å². The highest BCUT2D eigenvalue weighted by atomic mass is 32.1. The molecular weight excluding hydrogens is 280 g/mol.